The molecule has 0 aromatic carbocycles. The summed E-state index contributed by atoms with van der Waals surface area (Å²) >= 11 is 0. The molecule has 4 atom stereocenters. The molecule has 0 unspecified atom stereocenters. The molecule has 156 valence electrons. The molecule has 0 saturated carbocycles. The second-order valence-corrected chi connectivity index (χ2v) is 8.16. The van der Waals surface area contributed by atoms with Gasteiger partial charge in [0.25, 0.3) is 0 Å². The number of hydrogen-bond acceptors (Lipinski definition) is 11. The number of aromatic nitrogens is 3. The van der Waals surface area contributed by atoms with E-state index >= 15 is 0 Å². The lowest BCUT2D eigenvalue weighted by Crippen LogP contribution is -2.54. The van der Waals surface area contributed by atoms with Crippen LogP contribution in [0.15, 0.2) is 0 Å². The Morgan fingerprint density at radius 3 is 1.36 bits per heavy atom. The van der Waals surface area contributed by atoms with Crippen molar-refractivity contribution in [3.05, 3.63) is 0 Å². The Hall–Kier alpha value is -1.79. The van der Waals surface area contributed by atoms with E-state index in [1.165, 1.54) is 0 Å². The van der Waals surface area contributed by atoms with Crippen LogP contribution in [0.4, 0.5) is 17.8 Å². The molecule has 3 saturated heterocycles. The van der Waals surface area contributed by atoms with Crippen LogP contribution in [-0.2, 0) is 4.74 Å². The van der Waals surface area contributed by atoms with Crippen molar-refractivity contribution in [1.82, 2.24) is 15.0 Å². The van der Waals surface area contributed by atoms with Gasteiger partial charge in [0.05, 0.1) is 13.2 Å². The average Bonchev–Trinajstić information content (AvgIpc) is 2.67. The highest BCUT2D eigenvalue weighted by molar-refractivity contribution is 5.48. The highest BCUT2D eigenvalue weighted by atomic mass is 16.5. The normalized spacial score (nSPS) is 31.9. The van der Waals surface area contributed by atoms with E-state index in [1.807, 2.05) is 0 Å². The molecule has 0 radical (unpaired) electrons. The summed E-state index contributed by atoms with van der Waals surface area (Å²) in [6.07, 6.45) is 1.61. The van der Waals surface area contributed by atoms with Crippen molar-refractivity contribution in [2.75, 3.05) is 67.2 Å². The summed E-state index contributed by atoms with van der Waals surface area (Å²) in [7, 11) is 0. The Balaban J connectivity index is 1.66. The van der Waals surface area contributed by atoms with E-state index < -0.39 is 0 Å². The van der Waals surface area contributed by atoms with E-state index in [2.05, 4.69) is 14.7 Å². The zero-order valence-corrected chi connectivity index (χ0v) is 16.3. The van der Waals surface area contributed by atoms with Gasteiger partial charge in [-0.25, -0.2) is 0 Å². The standard InChI is InChI=1S/C17H32N10O/c18-11-5-12(19)8-26(7-11)16-22-15(25-1-3-28-4-2-25)23-17(24-16)27-9-13(20)6-14(21)10-27/h11-14H,1-10,18-21H2/t11-,12+,13-,14+. The monoisotopic (exact) mass is 392 g/mol. The quantitative estimate of drug-likeness (QED) is 0.428. The number of morpholine rings is 1. The molecule has 11 nitrogen and oxygen atoms in total. The Morgan fingerprint density at radius 1 is 0.607 bits per heavy atom. The number of ether oxygens (including phenoxy) is 1. The van der Waals surface area contributed by atoms with Crippen molar-refractivity contribution in [2.24, 2.45) is 22.9 Å². The summed E-state index contributed by atoms with van der Waals surface area (Å²) in [6.45, 7) is 5.54. The average molecular weight is 393 g/mol. The number of nitrogens with zero attached hydrogens (tertiary/aromatic N) is 6. The molecular formula is C17H32N10O. The summed E-state index contributed by atoms with van der Waals surface area (Å²) in [4.78, 5) is 20.5. The maximum atomic E-state index is 6.19. The molecule has 3 aliphatic rings. The second-order valence-electron chi connectivity index (χ2n) is 8.16. The van der Waals surface area contributed by atoms with Gasteiger partial charge < -0.3 is 42.4 Å². The molecule has 1 aromatic heterocycles. The minimum absolute atomic E-state index is 0.00707. The Morgan fingerprint density at radius 2 is 0.964 bits per heavy atom. The van der Waals surface area contributed by atoms with Gasteiger partial charge in [-0.15, -0.1) is 0 Å². The predicted octanol–water partition coefficient (Wildman–Crippen LogP) is -2.56. The van der Waals surface area contributed by atoms with E-state index in [4.69, 9.17) is 42.6 Å². The van der Waals surface area contributed by atoms with Gasteiger partial charge in [0, 0.05) is 63.4 Å². The van der Waals surface area contributed by atoms with E-state index in [9.17, 15) is 0 Å². The van der Waals surface area contributed by atoms with Gasteiger partial charge in [0.2, 0.25) is 17.8 Å². The Kier molecular flexibility index (Phi) is 5.78. The predicted molar refractivity (Wildman–Crippen MR) is 108 cm³/mol. The first-order valence-electron chi connectivity index (χ1n) is 10.1. The van der Waals surface area contributed by atoms with E-state index in [-0.39, 0.29) is 24.2 Å². The van der Waals surface area contributed by atoms with E-state index in [0.29, 0.717) is 57.2 Å². The van der Waals surface area contributed by atoms with Crippen LogP contribution in [0.1, 0.15) is 12.8 Å². The van der Waals surface area contributed by atoms with Crippen LogP contribution in [0.3, 0.4) is 0 Å². The molecule has 1 aromatic rings. The number of piperidine rings is 2. The van der Waals surface area contributed by atoms with Crippen molar-refractivity contribution in [3.8, 4) is 0 Å². The third-order valence-corrected chi connectivity index (χ3v) is 5.49. The van der Waals surface area contributed by atoms with Gasteiger partial charge in [0.15, 0.2) is 0 Å². The number of hydrogen-bond donors (Lipinski definition) is 4. The van der Waals surface area contributed by atoms with Gasteiger partial charge in [0.1, 0.15) is 0 Å². The number of rotatable bonds is 3. The third-order valence-electron chi connectivity index (χ3n) is 5.49. The van der Waals surface area contributed by atoms with Crippen LogP contribution in [0.5, 0.6) is 0 Å². The first kappa shape index (κ1) is 19.5. The summed E-state index contributed by atoms with van der Waals surface area (Å²) in [5.41, 5.74) is 24.8. The Labute approximate surface area is 165 Å². The lowest BCUT2D eigenvalue weighted by atomic mass is 10.0. The zero-order chi connectivity index (χ0) is 19.7. The van der Waals surface area contributed by atoms with Crippen LogP contribution < -0.4 is 37.6 Å². The minimum atomic E-state index is 0.00707. The van der Waals surface area contributed by atoms with Gasteiger partial charge in [-0.3, -0.25) is 0 Å². The molecule has 28 heavy (non-hydrogen) atoms. The van der Waals surface area contributed by atoms with Gasteiger partial charge in [-0.2, -0.15) is 15.0 Å². The van der Waals surface area contributed by atoms with Crippen LogP contribution in [-0.4, -0.2) is 91.6 Å². The van der Waals surface area contributed by atoms with Gasteiger partial charge in [-0.1, -0.05) is 0 Å². The van der Waals surface area contributed by atoms with Crippen LogP contribution >= 0.6 is 0 Å². The molecule has 3 aliphatic heterocycles. The molecule has 0 amide bonds. The Bertz CT molecular complexity index is 605. The lowest BCUT2D eigenvalue weighted by molar-refractivity contribution is 0.122. The maximum Gasteiger partial charge on any atom is 0.232 e. The highest BCUT2D eigenvalue weighted by Crippen LogP contribution is 2.24. The smallest absolute Gasteiger partial charge is 0.232 e. The fraction of sp³-hybridized carbons (Fsp3) is 0.824. The van der Waals surface area contributed by atoms with Crippen molar-refractivity contribution >= 4 is 17.8 Å². The van der Waals surface area contributed by atoms with Gasteiger partial charge in [-0.05, 0) is 12.8 Å². The van der Waals surface area contributed by atoms with Crippen molar-refractivity contribution < 1.29 is 4.74 Å². The molecule has 4 rings (SSSR count). The fourth-order valence-corrected chi connectivity index (χ4v) is 4.21. The summed E-state index contributed by atoms with van der Waals surface area (Å²) in [5.74, 6) is 1.89. The van der Waals surface area contributed by atoms with Gasteiger partial charge >= 0.3 is 0 Å². The first-order chi connectivity index (χ1) is 13.5. The molecule has 0 aliphatic carbocycles. The van der Waals surface area contributed by atoms with Crippen LogP contribution in [0.2, 0.25) is 0 Å². The fourth-order valence-electron chi connectivity index (χ4n) is 4.21. The second kappa shape index (κ2) is 8.29. The molecular weight excluding hydrogens is 360 g/mol. The van der Waals surface area contributed by atoms with Crippen molar-refractivity contribution in [2.45, 2.75) is 37.0 Å². The van der Waals surface area contributed by atoms with E-state index in [0.717, 1.165) is 25.9 Å². The van der Waals surface area contributed by atoms with E-state index in [1.54, 1.807) is 0 Å². The lowest BCUT2D eigenvalue weighted by Gasteiger charge is -2.37. The first-order valence-corrected chi connectivity index (χ1v) is 10.1. The number of nitrogens with two attached hydrogens (primary N) is 4. The molecule has 11 heteroatoms. The largest absolute Gasteiger partial charge is 0.378 e. The minimum Gasteiger partial charge on any atom is -0.378 e. The third kappa shape index (κ3) is 4.44. The summed E-state index contributed by atoms with van der Waals surface area (Å²) in [6, 6.07) is 0.0283. The van der Waals surface area contributed by atoms with Crippen LogP contribution in [0, 0.1) is 0 Å². The maximum absolute atomic E-state index is 6.19. The van der Waals surface area contributed by atoms with Crippen LogP contribution in [0.25, 0.3) is 0 Å². The molecule has 4 heterocycles. The molecule has 8 N–H and O–H groups in total. The summed E-state index contributed by atoms with van der Waals surface area (Å²) < 4.78 is 5.47. The van der Waals surface area contributed by atoms with Crippen molar-refractivity contribution in [3.63, 3.8) is 0 Å². The SMILES string of the molecule is N[C@@H]1C[C@H](N)CN(c2nc(N3CCOCC3)nc(N3C[C@H](N)C[C@H](N)C3)n2)C1. The topological polar surface area (TPSA) is 162 Å². The highest BCUT2D eigenvalue weighted by Gasteiger charge is 2.29. The molecule has 3 fully saturated rings. The summed E-state index contributed by atoms with van der Waals surface area (Å²) in [5, 5.41) is 0. The molecule has 0 spiro atoms. The van der Waals surface area contributed by atoms with Crippen molar-refractivity contribution in [1.29, 1.82) is 0 Å². The zero-order valence-electron chi connectivity index (χ0n) is 16.3. The molecule has 0 bridgehead atoms. The number of anilines is 3.